The molecule has 3 rings (SSSR count). The summed E-state index contributed by atoms with van der Waals surface area (Å²) in [5, 5.41) is 10.6. The van der Waals surface area contributed by atoms with Crippen LogP contribution in [0.15, 0.2) is 42.9 Å². The van der Waals surface area contributed by atoms with Crippen LogP contribution in [0.1, 0.15) is 13.8 Å². The predicted molar refractivity (Wildman–Crippen MR) is 75.6 cm³/mol. The Morgan fingerprint density at radius 3 is 2.84 bits per heavy atom. The molecule has 0 fully saturated rings. The van der Waals surface area contributed by atoms with Gasteiger partial charge >= 0.3 is 0 Å². The van der Waals surface area contributed by atoms with Gasteiger partial charge in [-0.2, -0.15) is 0 Å². The molecule has 1 aromatic carbocycles. The number of pyridine rings is 1. The van der Waals surface area contributed by atoms with Crippen LogP contribution in [0.3, 0.4) is 0 Å². The van der Waals surface area contributed by atoms with Gasteiger partial charge in [-0.3, -0.25) is 4.98 Å². The van der Waals surface area contributed by atoms with Crippen molar-refractivity contribution in [2.24, 2.45) is 5.92 Å². The van der Waals surface area contributed by atoms with Crippen molar-refractivity contribution in [2.75, 3.05) is 0 Å². The SMILES string of the molecule is CC(C)Cn1cnnc1-c1nccc2ccccc12. The van der Waals surface area contributed by atoms with Crippen molar-refractivity contribution in [1.29, 1.82) is 0 Å². The lowest BCUT2D eigenvalue weighted by Crippen LogP contribution is -2.06. The van der Waals surface area contributed by atoms with E-state index in [1.54, 1.807) is 6.33 Å². The Morgan fingerprint density at radius 2 is 2.00 bits per heavy atom. The van der Waals surface area contributed by atoms with Crippen molar-refractivity contribution in [3.8, 4) is 11.5 Å². The summed E-state index contributed by atoms with van der Waals surface area (Å²) in [5.74, 6) is 1.38. The number of hydrogen-bond donors (Lipinski definition) is 0. The van der Waals surface area contributed by atoms with Crippen molar-refractivity contribution in [3.63, 3.8) is 0 Å². The molecule has 0 radical (unpaired) electrons. The second kappa shape index (κ2) is 4.80. The third-order valence-electron chi connectivity index (χ3n) is 3.06. The maximum atomic E-state index is 4.49. The second-order valence-corrected chi connectivity index (χ2v) is 5.08. The van der Waals surface area contributed by atoms with Crippen LogP contribution in [0.4, 0.5) is 0 Å². The van der Waals surface area contributed by atoms with Gasteiger partial charge < -0.3 is 4.57 Å². The zero-order valence-corrected chi connectivity index (χ0v) is 11.1. The highest BCUT2D eigenvalue weighted by atomic mass is 15.3. The minimum absolute atomic E-state index is 0.546. The van der Waals surface area contributed by atoms with Gasteiger partial charge in [-0.25, -0.2) is 0 Å². The standard InChI is InChI=1S/C15H16N4/c1-11(2)9-19-10-17-18-15(19)14-13-6-4-3-5-12(13)7-8-16-14/h3-8,10-11H,9H2,1-2H3. The van der Waals surface area contributed by atoms with Crippen molar-refractivity contribution < 1.29 is 0 Å². The summed E-state index contributed by atoms with van der Waals surface area (Å²) >= 11 is 0. The van der Waals surface area contributed by atoms with Gasteiger partial charge in [-0.05, 0) is 17.4 Å². The van der Waals surface area contributed by atoms with E-state index in [4.69, 9.17) is 0 Å². The van der Waals surface area contributed by atoms with E-state index in [1.165, 1.54) is 5.39 Å². The highest BCUT2D eigenvalue weighted by molar-refractivity contribution is 5.92. The first-order valence-corrected chi connectivity index (χ1v) is 6.47. The summed E-state index contributed by atoms with van der Waals surface area (Å²) in [6.45, 7) is 5.26. The van der Waals surface area contributed by atoms with Gasteiger partial charge in [0.2, 0.25) is 0 Å². The van der Waals surface area contributed by atoms with Crippen LogP contribution in [0.25, 0.3) is 22.3 Å². The van der Waals surface area contributed by atoms with Crippen molar-refractivity contribution >= 4 is 10.8 Å². The van der Waals surface area contributed by atoms with E-state index in [0.717, 1.165) is 23.4 Å². The largest absolute Gasteiger partial charge is 0.312 e. The van der Waals surface area contributed by atoms with Gasteiger partial charge in [0.25, 0.3) is 0 Å². The maximum Gasteiger partial charge on any atom is 0.183 e. The predicted octanol–water partition coefficient (Wildman–Crippen LogP) is 3.15. The Bertz CT molecular complexity index is 695. The minimum Gasteiger partial charge on any atom is -0.312 e. The summed E-state index contributed by atoms with van der Waals surface area (Å²) in [5.41, 5.74) is 0.899. The van der Waals surface area contributed by atoms with E-state index in [-0.39, 0.29) is 0 Å². The topological polar surface area (TPSA) is 43.6 Å². The van der Waals surface area contributed by atoms with Crippen LogP contribution in [0.5, 0.6) is 0 Å². The minimum atomic E-state index is 0.546. The number of rotatable bonds is 3. The van der Waals surface area contributed by atoms with E-state index in [2.05, 4.69) is 45.7 Å². The molecule has 3 aromatic rings. The van der Waals surface area contributed by atoms with E-state index in [9.17, 15) is 0 Å². The summed E-state index contributed by atoms with van der Waals surface area (Å²) < 4.78 is 2.07. The molecule has 0 N–H and O–H groups in total. The van der Waals surface area contributed by atoms with Crippen LogP contribution < -0.4 is 0 Å². The van der Waals surface area contributed by atoms with Gasteiger partial charge in [0.1, 0.15) is 12.0 Å². The number of benzene rings is 1. The lowest BCUT2D eigenvalue weighted by molar-refractivity contribution is 0.525. The lowest BCUT2D eigenvalue weighted by Gasteiger charge is -2.10. The molecule has 0 spiro atoms. The van der Waals surface area contributed by atoms with Crippen LogP contribution in [-0.2, 0) is 6.54 Å². The quantitative estimate of drug-likeness (QED) is 0.719. The van der Waals surface area contributed by atoms with E-state index >= 15 is 0 Å². The first-order chi connectivity index (χ1) is 9.25. The molecular formula is C15H16N4. The Morgan fingerprint density at radius 1 is 1.16 bits per heavy atom. The molecule has 0 aliphatic heterocycles. The zero-order chi connectivity index (χ0) is 13.2. The summed E-state index contributed by atoms with van der Waals surface area (Å²) in [4.78, 5) is 4.49. The molecule has 0 bridgehead atoms. The Labute approximate surface area is 112 Å². The first-order valence-electron chi connectivity index (χ1n) is 6.47. The van der Waals surface area contributed by atoms with E-state index < -0.39 is 0 Å². The van der Waals surface area contributed by atoms with Crippen molar-refractivity contribution in [1.82, 2.24) is 19.7 Å². The average Bonchev–Trinajstić information content (AvgIpc) is 2.85. The van der Waals surface area contributed by atoms with Gasteiger partial charge in [0, 0.05) is 18.1 Å². The Kier molecular flexibility index (Phi) is 2.99. The molecule has 0 unspecified atom stereocenters. The Balaban J connectivity index is 2.17. The van der Waals surface area contributed by atoms with Gasteiger partial charge in [-0.15, -0.1) is 10.2 Å². The van der Waals surface area contributed by atoms with Crippen LogP contribution >= 0.6 is 0 Å². The normalized spacial score (nSPS) is 11.3. The molecule has 2 aromatic heterocycles. The Hall–Kier alpha value is -2.23. The molecule has 0 aliphatic rings. The second-order valence-electron chi connectivity index (χ2n) is 5.08. The molecule has 96 valence electrons. The molecule has 0 atom stereocenters. The summed E-state index contributed by atoms with van der Waals surface area (Å²) in [7, 11) is 0. The third-order valence-corrected chi connectivity index (χ3v) is 3.06. The monoisotopic (exact) mass is 252 g/mol. The first kappa shape index (κ1) is 11.8. The summed E-state index contributed by atoms with van der Waals surface area (Å²) in [6.07, 6.45) is 3.60. The highest BCUT2D eigenvalue weighted by Gasteiger charge is 2.12. The van der Waals surface area contributed by atoms with Crippen molar-refractivity contribution in [2.45, 2.75) is 20.4 Å². The van der Waals surface area contributed by atoms with Gasteiger partial charge in [-0.1, -0.05) is 38.1 Å². The molecule has 0 saturated carbocycles. The number of nitrogens with zero attached hydrogens (tertiary/aromatic N) is 4. The number of fused-ring (bicyclic) bond motifs is 1. The molecule has 4 nitrogen and oxygen atoms in total. The molecule has 0 aliphatic carbocycles. The maximum absolute atomic E-state index is 4.49. The highest BCUT2D eigenvalue weighted by Crippen LogP contribution is 2.24. The summed E-state index contributed by atoms with van der Waals surface area (Å²) in [6, 6.07) is 10.2. The van der Waals surface area contributed by atoms with Gasteiger partial charge in [0.15, 0.2) is 5.82 Å². The molecular weight excluding hydrogens is 236 g/mol. The van der Waals surface area contributed by atoms with E-state index in [0.29, 0.717) is 5.92 Å². The van der Waals surface area contributed by atoms with Crippen LogP contribution in [0, 0.1) is 5.92 Å². The number of hydrogen-bond acceptors (Lipinski definition) is 3. The fraction of sp³-hybridized carbons (Fsp3) is 0.267. The van der Waals surface area contributed by atoms with Crippen LogP contribution in [-0.4, -0.2) is 19.7 Å². The fourth-order valence-electron chi connectivity index (χ4n) is 2.26. The number of aromatic nitrogens is 4. The third kappa shape index (κ3) is 2.21. The lowest BCUT2D eigenvalue weighted by atomic mass is 10.1. The zero-order valence-electron chi connectivity index (χ0n) is 11.1. The van der Waals surface area contributed by atoms with Gasteiger partial charge in [0.05, 0.1) is 0 Å². The molecule has 19 heavy (non-hydrogen) atoms. The molecule has 0 saturated heterocycles. The van der Waals surface area contributed by atoms with E-state index in [1.807, 2.05) is 24.4 Å². The fourth-order valence-corrected chi connectivity index (χ4v) is 2.26. The average molecular weight is 252 g/mol. The molecule has 0 amide bonds. The smallest absolute Gasteiger partial charge is 0.183 e. The van der Waals surface area contributed by atoms with Crippen molar-refractivity contribution in [3.05, 3.63) is 42.9 Å². The molecule has 2 heterocycles. The molecule has 4 heteroatoms. The van der Waals surface area contributed by atoms with Crippen LogP contribution in [0.2, 0.25) is 0 Å².